The van der Waals surface area contributed by atoms with Crippen molar-refractivity contribution < 1.29 is 23.8 Å². The van der Waals surface area contributed by atoms with Gasteiger partial charge in [-0.15, -0.1) is 0 Å². The van der Waals surface area contributed by atoms with Crippen LogP contribution in [0.4, 0.5) is 0 Å². The van der Waals surface area contributed by atoms with E-state index in [2.05, 4.69) is 5.32 Å². The third kappa shape index (κ3) is 6.15. The molecule has 0 fully saturated rings. The van der Waals surface area contributed by atoms with Gasteiger partial charge in [-0.05, 0) is 54.7 Å². The number of aryl methyl sites for hydroxylation is 1. The highest BCUT2D eigenvalue weighted by molar-refractivity contribution is 5.87. The third-order valence-electron chi connectivity index (χ3n) is 5.40. The second-order valence-electron chi connectivity index (χ2n) is 8.38. The number of methoxy groups -OCH3 is 1. The summed E-state index contributed by atoms with van der Waals surface area (Å²) in [5.74, 6) is 2.22. The highest BCUT2D eigenvalue weighted by Crippen LogP contribution is 2.32. The lowest BCUT2D eigenvalue weighted by Gasteiger charge is -2.29. The van der Waals surface area contributed by atoms with Gasteiger partial charge in [0.15, 0.2) is 11.5 Å². The zero-order valence-corrected chi connectivity index (χ0v) is 19.2. The quantitative estimate of drug-likeness (QED) is 0.611. The lowest BCUT2D eigenvalue weighted by molar-refractivity contribution is -0.140. The number of carbonyl (C=O) groups excluding carboxylic acids is 2. The average molecular weight is 441 g/mol. The Morgan fingerprint density at radius 2 is 1.84 bits per heavy atom. The normalized spacial score (nSPS) is 13.0. The largest absolute Gasteiger partial charge is 0.497 e. The number of hydrogen-bond acceptors (Lipinski definition) is 5. The summed E-state index contributed by atoms with van der Waals surface area (Å²) in [7, 11) is 1.61. The summed E-state index contributed by atoms with van der Waals surface area (Å²) in [4.78, 5) is 27.6. The van der Waals surface area contributed by atoms with E-state index in [9.17, 15) is 9.59 Å². The summed E-state index contributed by atoms with van der Waals surface area (Å²) >= 11 is 0. The summed E-state index contributed by atoms with van der Waals surface area (Å²) in [5, 5.41) is 2.94. The second-order valence-corrected chi connectivity index (χ2v) is 8.38. The first-order valence-corrected chi connectivity index (χ1v) is 11.0. The molecule has 0 bridgehead atoms. The van der Waals surface area contributed by atoms with Crippen molar-refractivity contribution in [2.45, 2.75) is 46.2 Å². The van der Waals surface area contributed by atoms with E-state index < -0.39 is 6.04 Å². The molecule has 1 aliphatic heterocycles. The average Bonchev–Trinajstić information content (AvgIpc) is 3.27. The third-order valence-corrected chi connectivity index (χ3v) is 5.40. The Kier molecular flexibility index (Phi) is 7.98. The van der Waals surface area contributed by atoms with Crippen LogP contribution < -0.4 is 19.5 Å². The number of hydrogen-bond donors (Lipinski definition) is 1. The van der Waals surface area contributed by atoms with Crippen LogP contribution in [-0.4, -0.2) is 43.2 Å². The van der Waals surface area contributed by atoms with E-state index in [1.54, 1.807) is 18.9 Å². The van der Waals surface area contributed by atoms with Crippen molar-refractivity contribution in [3.05, 3.63) is 53.6 Å². The molecule has 0 radical (unpaired) electrons. The van der Waals surface area contributed by atoms with Crippen molar-refractivity contribution in [3.63, 3.8) is 0 Å². The maximum atomic E-state index is 13.3. The first-order valence-electron chi connectivity index (χ1n) is 11.0. The zero-order valence-electron chi connectivity index (χ0n) is 19.2. The number of rotatable bonds is 10. The predicted molar refractivity (Wildman–Crippen MR) is 122 cm³/mol. The van der Waals surface area contributed by atoms with E-state index in [1.807, 2.05) is 56.3 Å². The van der Waals surface area contributed by atoms with Gasteiger partial charge in [0.2, 0.25) is 18.6 Å². The van der Waals surface area contributed by atoms with Gasteiger partial charge in [0, 0.05) is 19.5 Å². The Labute approximate surface area is 189 Å². The summed E-state index contributed by atoms with van der Waals surface area (Å²) in [6, 6.07) is 12.7. The van der Waals surface area contributed by atoms with Crippen LogP contribution in [0, 0.1) is 5.92 Å². The van der Waals surface area contributed by atoms with E-state index >= 15 is 0 Å². The first-order chi connectivity index (χ1) is 15.4. The van der Waals surface area contributed by atoms with E-state index in [4.69, 9.17) is 14.2 Å². The number of benzene rings is 2. The van der Waals surface area contributed by atoms with Crippen molar-refractivity contribution >= 4 is 11.8 Å². The van der Waals surface area contributed by atoms with Gasteiger partial charge in [-0.3, -0.25) is 9.59 Å². The predicted octanol–water partition coefficient (Wildman–Crippen LogP) is 3.55. The van der Waals surface area contributed by atoms with Crippen LogP contribution in [0.2, 0.25) is 0 Å². The minimum atomic E-state index is -0.593. The number of amides is 2. The summed E-state index contributed by atoms with van der Waals surface area (Å²) < 4.78 is 16.1. The number of ether oxygens (including phenoxy) is 3. The van der Waals surface area contributed by atoms with Crippen molar-refractivity contribution in [3.8, 4) is 17.2 Å². The Hall–Kier alpha value is -3.22. The molecule has 2 amide bonds. The van der Waals surface area contributed by atoms with Gasteiger partial charge in [0.25, 0.3) is 0 Å². The molecule has 1 N–H and O–H groups in total. The Morgan fingerprint density at radius 1 is 1.06 bits per heavy atom. The number of nitrogens with one attached hydrogen (secondary N) is 1. The van der Waals surface area contributed by atoms with Crippen molar-refractivity contribution in [1.29, 1.82) is 0 Å². The highest BCUT2D eigenvalue weighted by Gasteiger charge is 2.26. The summed E-state index contributed by atoms with van der Waals surface area (Å²) in [6.45, 7) is 6.96. The molecule has 0 aliphatic carbocycles. The minimum Gasteiger partial charge on any atom is -0.497 e. The maximum absolute atomic E-state index is 13.3. The fraction of sp³-hybridized carbons (Fsp3) is 0.440. The number of carbonyl (C=O) groups is 2. The maximum Gasteiger partial charge on any atom is 0.242 e. The molecule has 2 aromatic rings. The van der Waals surface area contributed by atoms with Crippen LogP contribution in [0.3, 0.4) is 0 Å². The Balaban J connectivity index is 1.72. The molecule has 0 aromatic heterocycles. The first kappa shape index (κ1) is 23.4. The number of fused-ring (bicyclic) bond motifs is 1. The molecule has 32 heavy (non-hydrogen) atoms. The second kappa shape index (κ2) is 10.9. The fourth-order valence-corrected chi connectivity index (χ4v) is 3.49. The van der Waals surface area contributed by atoms with E-state index in [0.29, 0.717) is 36.9 Å². The topological polar surface area (TPSA) is 77.1 Å². The molecule has 7 heteroatoms. The van der Waals surface area contributed by atoms with Gasteiger partial charge < -0.3 is 24.4 Å². The molecule has 0 saturated carbocycles. The van der Waals surface area contributed by atoms with Crippen LogP contribution in [-0.2, 0) is 22.6 Å². The smallest absolute Gasteiger partial charge is 0.242 e. The van der Waals surface area contributed by atoms with E-state index in [-0.39, 0.29) is 25.0 Å². The molecule has 1 atom stereocenters. The molecule has 172 valence electrons. The van der Waals surface area contributed by atoms with Gasteiger partial charge in [0.05, 0.1) is 7.11 Å². The highest BCUT2D eigenvalue weighted by atomic mass is 16.7. The molecule has 1 heterocycles. The molecule has 0 spiro atoms. The van der Waals surface area contributed by atoms with Gasteiger partial charge >= 0.3 is 0 Å². The fourth-order valence-electron chi connectivity index (χ4n) is 3.49. The monoisotopic (exact) mass is 440 g/mol. The molecule has 3 rings (SSSR count). The Bertz CT molecular complexity index is 944. The minimum absolute atomic E-state index is 0.0855. The zero-order chi connectivity index (χ0) is 23.1. The molecule has 1 unspecified atom stereocenters. The summed E-state index contributed by atoms with van der Waals surface area (Å²) in [6.07, 6.45) is 0.829. The standard InChI is InChI=1S/C25H32N2O5/c1-17(2)14-26-25(29)18(3)27(15-20-6-5-7-21(12-20)30-4)24(28)11-9-19-8-10-22-23(13-19)32-16-31-22/h5-8,10,12-13,17-18H,9,11,14-16H2,1-4H3,(H,26,29). The van der Waals surface area contributed by atoms with Crippen LogP contribution in [0.1, 0.15) is 38.3 Å². The van der Waals surface area contributed by atoms with Crippen molar-refractivity contribution in [2.75, 3.05) is 20.4 Å². The molecular formula is C25H32N2O5. The van der Waals surface area contributed by atoms with Crippen LogP contribution >= 0.6 is 0 Å². The molecular weight excluding hydrogens is 408 g/mol. The van der Waals surface area contributed by atoms with Crippen LogP contribution in [0.5, 0.6) is 17.2 Å². The van der Waals surface area contributed by atoms with Gasteiger partial charge in [0.1, 0.15) is 11.8 Å². The molecule has 2 aromatic carbocycles. The van der Waals surface area contributed by atoms with Crippen molar-refractivity contribution in [1.82, 2.24) is 10.2 Å². The van der Waals surface area contributed by atoms with Gasteiger partial charge in [-0.2, -0.15) is 0 Å². The van der Waals surface area contributed by atoms with Gasteiger partial charge in [-0.25, -0.2) is 0 Å². The van der Waals surface area contributed by atoms with Crippen LogP contribution in [0.15, 0.2) is 42.5 Å². The van der Waals surface area contributed by atoms with E-state index in [0.717, 1.165) is 16.9 Å². The van der Waals surface area contributed by atoms with Crippen molar-refractivity contribution in [2.24, 2.45) is 5.92 Å². The molecule has 0 saturated heterocycles. The summed E-state index contributed by atoms with van der Waals surface area (Å²) in [5.41, 5.74) is 1.89. The number of nitrogens with zero attached hydrogens (tertiary/aromatic N) is 1. The van der Waals surface area contributed by atoms with E-state index in [1.165, 1.54) is 0 Å². The Morgan fingerprint density at radius 3 is 2.59 bits per heavy atom. The lowest BCUT2D eigenvalue weighted by atomic mass is 10.1. The lowest BCUT2D eigenvalue weighted by Crippen LogP contribution is -2.48. The van der Waals surface area contributed by atoms with Gasteiger partial charge in [-0.1, -0.05) is 32.0 Å². The molecule has 1 aliphatic rings. The SMILES string of the molecule is COc1cccc(CN(C(=O)CCc2ccc3c(c2)OCO3)C(C)C(=O)NCC(C)C)c1. The molecule has 7 nitrogen and oxygen atoms in total. The van der Waals surface area contributed by atoms with Crippen LogP contribution in [0.25, 0.3) is 0 Å².